The molecule has 2 aromatic carbocycles. The topological polar surface area (TPSA) is 84.9 Å². The van der Waals surface area contributed by atoms with E-state index in [0.29, 0.717) is 17.1 Å². The molecule has 6 nitrogen and oxygen atoms in total. The van der Waals surface area contributed by atoms with E-state index in [2.05, 4.69) is 5.32 Å². The predicted molar refractivity (Wildman–Crippen MR) is 92.9 cm³/mol. The second-order valence-electron chi connectivity index (χ2n) is 5.65. The average Bonchev–Trinajstić information content (AvgIpc) is 2.60. The van der Waals surface area contributed by atoms with Crippen molar-refractivity contribution < 1.29 is 24.2 Å². The highest BCUT2D eigenvalue weighted by Crippen LogP contribution is 2.19. The third-order valence-electron chi connectivity index (χ3n) is 3.85. The number of aryl methyl sites for hydroxylation is 2. The lowest BCUT2D eigenvalue weighted by Crippen LogP contribution is -2.36. The van der Waals surface area contributed by atoms with Crippen molar-refractivity contribution >= 4 is 11.9 Å². The molecule has 0 bridgehead atoms. The van der Waals surface area contributed by atoms with Gasteiger partial charge in [0.25, 0.3) is 5.91 Å². The van der Waals surface area contributed by atoms with E-state index in [1.54, 1.807) is 43.5 Å². The Balaban J connectivity index is 1.99. The number of carbonyl (C=O) groups excluding carboxylic acids is 1. The molecule has 1 amide bonds. The van der Waals surface area contributed by atoms with Crippen molar-refractivity contribution in [3.05, 3.63) is 59.2 Å². The second-order valence-corrected chi connectivity index (χ2v) is 5.65. The van der Waals surface area contributed by atoms with Crippen LogP contribution in [-0.2, 0) is 9.59 Å². The molecule has 6 heteroatoms. The van der Waals surface area contributed by atoms with Crippen molar-refractivity contribution in [2.45, 2.75) is 19.9 Å². The van der Waals surface area contributed by atoms with Gasteiger partial charge in [-0.1, -0.05) is 18.2 Å². The number of benzene rings is 2. The van der Waals surface area contributed by atoms with Crippen LogP contribution in [0.15, 0.2) is 42.5 Å². The first-order chi connectivity index (χ1) is 11.9. The van der Waals surface area contributed by atoms with Crippen LogP contribution in [0.3, 0.4) is 0 Å². The first-order valence-electron chi connectivity index (χ1n) is 7.77. The number of aliphatic carboxylic acids is 1. The molecule has 0 heterocycles. The fourth-order valence-electron chi connectivity index (χ4n) is 2.26. The van der Waals surface area contributed by atoms with Gasteiger partial charge in [0.1, 0.15) is 11.5 Å². The number of hydrogen-bond donors (Lipinski definition) is 2. The monoisotopic (exact) mass is 343 g/mol. The summed E-state index contributed by atoms with van der Waals surface area (Å²) in [5.74, 6) is -0.464. The second kappa shape index (κ2) is 8.19. The molecule has 1 unspecified atom stereocenters. The van der Waals surface area contributed by atoms with Crippen LogP contribution in [0.5, 0.6) is 11.5 Å². The third kappa shape index (κ3) is 4.97. The predicted octanol–water partition coefficient (Wildman–Crippen LogP) is 2.63. The molecule has 0 aliphatic carbocycles. The van der Waals surface area contributed by atoms with Gasteiger partial charge in [0.15, 0.2) is 12.6 Å². The Labute approximate surface area is 146 Å². The summed E-state index contributed by atoms with van der Waals surface area (Å²) in [5.41, 5.74) is 2.54. The van der Waals surface area contributed by atoms with Crippen LogP contribution >= 0.6 is 0 Å². The Kier molecular flexibility index (Phi) is 6.00. The molecule has 2 N–H and O–H groups in total. The number of amides is 1. The molecule has 0 aliphatic heterocycles. The molecule has 2 aromatic rings. The van der Waals surface area contributed by atoms with Gasteiger partial charge in [-0.25, -0.2) is 4.79 Å². The normalized spacial score (nSPS) is 11.5. The van der Waals surface area contributed by atoms with Crippen LogP contribution in [0, 0.1) is 13.8 Å². The van der Waals surface area contributed by atoms with Crippen molar-refractivity contribution in [1.82, 2.24) is 5.32 Å². The largest absolute Gasteiger partial charge is 0.497 e. The number of rotatable bonds is 7. The summed E-state index contributed by atoms with van der Waals surface area (Å²) in [6, 6.07) is 10.9. The van der Waals surface area contributed by atoms with Gasteiger partial charge in [-0.05, 0) is 54.8 Å². The van der Waals surface area contributed by atoms with Gasteiger partial charge in [-0.2, -0.15) is 0 Å². The number of carboxylic acid groups (broad SMARTS) is 1. The highest BCUT2D eigenvalue weighted by atomic mass is 16.5. The van der Waals surface area contributed by atoms with Crippen molar-refractivity contribution in [3.63, 3.8) is 0 Å². The molecule has 1 atom stereocenters. The van der Waals surface area contributed by atoms with E-state index in [-0.39, 0.29) is 6.61 Å². The minimum absolute atomic E-state index is 0.277. The number of carbonyl (C=O) groups is 2. The standard InChI is InChI=1S/C19H21NO5/c1-12-4-5-14(10-13(12)2)18(19(22)23)20-17(21)11-25-16-8-6-15(24-3)7-9-16/h4-10,18H,11H2,1-3H3,(H,20,21)(H,22,23). The molecule has 0 saturated carbocycles. The zero-order valence-electron chi connectivity index (χ0n) is 14.4. The maximum atomic E-state index is 12.1. The highest BCUT2D eigenvalue weighted by molar-refractivity contribution is 5.85. The molecule has 0 aliphatic rings. The van der Waals surface area contributed by atoms with Crippen LogP contribution in [0.4, 0.5) is 0 Å². The summed E-state index contributed by atoms with van der Waals surface area (Å²) in [6.45, 7) is 3.56. The molecule has 25 heavy (non-hydrogen) atoms. The summed E-state index contributed by atoms with van der Waals surface area (Å²) < 4.78 is 10.4. The zero-order valence-corrected chi connectivity index (χ0v) is 14.4. The van der Waals surface area contributed by atoms with Gasteiger partial charge in [0.05, 0.1) is 7.11 Å². The number of methoxy groups -OCH3 is 1. The maximum absolute atomic E-state index is 12.1. The van der Waals surface area contributed by atoms with E-state index in [4.69, 9.17) is 9.47 Å². The quantitative estimate of drug-likeness (QED) is 0.807. The van der Waals surface area contributed by atoms with Crippen LogP contribution < -0.4 is 14.8 Å². The Morgan fingerprint density at radius 2 is 1.68 bits per heavy atom. The summed E-state index contributed by atoms with van der Waals surface area (Å²) in [6.07, 6.45) is 0. The van der Waals surface area contributed by atoms with Crippen LogP contribution in [0.1, 0.15) is 22.7 Å². The molecule has 2 rings (SSSR count). The zero-order chi connectivity index (χ0) is 18.4. The minimum atomic E-state index is -1.12. The summed E-state index contributed by atoms with van der Waals surface area (Å²) in [7, 11) is 1.56. The van der Waals surface area contributed by atoms with E-state index in [9.17, 15) is 14.7 Å². The Bertz CT molecular complexity index is 755. The van der Waals surface area contributed by atoms with E-state index < -0.39 is 17.9 Å². The van der Waals surface area contributed by atoms with Gasteiger partial charge in [-0.15, -0.1) is 0 Å². The fraction of sp³-hybridized carbons (Fsp3) is 0.263. The molecule has 0 radical (unpaired) electrons. The van der Waals surface area contributed by atoms with Crippen molar-refractivity contribution in [2.75, 3.05) is 13.7 Å². The molecular weight excluding hydrogens is 322 g/mol. The van der Waals surface area contributed by atoms with Crippen LogP contribution in [-0.4, -0.2) is 30.7 Å². The Morgan fingerprint density at radius 3 is 2.24 bits per heavy atom. The average molecular weight is 343 g/mol. The molecule has 0 spiro atoms. The van der Waals surface area contributed by atoms with Gasteiger partial charge >= 0.3 is 5.97 Å². The number of carboxylic acids is 1. The van der Waals surface area contributed by atoms with Crippen molar-refractivity contribution in [3.8, 4) is 11.5 Å². The molecule has 0 fully saturated rings. The fourth-order valence-corrected chi connectivity index (χ4v) is 2.26. The number of nitrogens with one attached hydrogen (secondary N) is 1. The Hall–Kier alpha value is -3.02. The van der Waals surface area contributed by atoms with Crippen LogP contribution in [0.25, 0.3) is 0 Å². The molecule has 0 saturated heterocycles. The van der Waals surface area contributed by atoms with E-state index in [1.807, 2.05) is 19.9 Å². The summed E-state index contributed by atoms with van der Waals surface area (Å²) in [5, 5.41) is 11.9. The lowest BCUT2D eigenvalue weighted by molar-refractivity contribution is -0.142. The SMILES string of the molecule is COc1ccc(OCC(=O)NC(C(=O)O)c2ccc(C)c(C)c2)cc1. The first-order valence-corrected chi connectivity index (χ1v) is 7.77. The Morgan fingerprint density at radius 1 is 1.04 bits per heavy atom. The van der Waals surface area contributed by atoms with E-state index >= 15 is 0 Å². The maximum Gasteiger partial charge on any atom is 0.330 e. The summed E-state index contributed by atoms with van der Waals surface area (Å²) >= 11 is 0. The molecule has 132 valence electrons. The van der Waals surface area contributed by atoms with Crippen molar-refractivity contribution in [2.24, 2.45) is 0 Å². The third-order valence-corrected chi connectivity index (χ3v) is 3.85. The van der Waals surface area contributed by atoms with Gasteiger partial charge in [0, 0.05) is 0 Å². The smallest absolute Gasteiger partial charge is 0.330 e. The lowest BCUT2D eigenvalue weighted by atomic mass is 10.0. The van der Waals surface area contributed by atoms with E-state index in [0.717, 1.165) is 11.1 Å². The van der Waals surface area contributed by atoms with Crippen molar-refractivity contribution in [1.29, 1.82) is 0 Å². The molecule has 0 aromatic heterocycles. The van der Waals surface area contributed by atoms with Gasteiger partial charge in [-0.3, -0.25) is 4.79 Å². The van der Waals surface area contributed by atoms with E-state index in [1.165, 1.54) is 0 Å². The lowest BCUT2D eigenvalue weighted by Gasteiger charge is -2.16. The molecular formula is C19H21NO5. The minimum Gasteiger partial charge on any atom is -0.497 e. The first kappa shape index (κ1) is 18.3. The van der Waals surface area contributed by atoms with Crippen LogP contribution in [0.2, 0.25) is 0 Å². The highest BCUT2D eigenvalue weighted by Gasteiger charge is 2.22. The van der Waals surface area contributed by atoms with Gasteiger partial charge in [0.2, 0.25) is 0 Å². The number of hydrogen-bond acceptors (Lipinski definition) is 4. The van der Waals surface area contributed by atoms with Gasteiger partial charge < -0.3 is 19.9 Å². The summed E-state index contributed by atoms with van der Waals surface area (Å²) in [4.78, 5) is 23.6. The number of ether oxygens (including phenoxy) is 2.